The van der Waals surface area contributed by atoms with E-state index in [-0.39, 0.29) is 24.8 Å². The van der Waals surface area contributed by atoms with Crippen molar-refractivity contribution in [2.75, 3.05) is 26.3 Å². The van der Waals surface area contributed by atoms with Crippen molar-refractivity contribution in [2.24, 2.45) is 5.92 Å². The van der Waals surface area contributed by atoms with Gasteiger partial charge in [-0.3, -0.25) is 4.79 Å². The average Bonchev–Trinajstić information content (AvgIpc) is 2.84. The van der Waals surface area contributed by atoms with Crippen LogP contribution in [-0.2, 0) is 4.74 Å². The second-order valence-corrected chi connectivity index (χ2v) is 4.11. The molecular formula is C12H18ClNO3. The molecule has 1 fully saturated rings. The van der Waals surface area contributed by atoms with E-state index in [1.807, 2.05) is 0 Å². The van der Waals surface area contributed by atoms with Gasteiger partial charge in [0.2, 0.25) is 5.78 Å². The summed E-state index contributed by atoms with van der Waals surface area (Å²) in [6.07, 6.45) is 3.77. The van der Waals surface area contributed by atoms with E-state index in [0.29, 0.717) is 18.3 Å². The molecule has 0 bridgehead atoms. The van der Waals surface area contributed by atoms with Crippen LogP contribution in [0.5, 0.6) is 0 Å². The highest BCUT2D eigenvalue weighted by atomic mass is 35.5. The van der Waals surface area contributed by atoms with Crippen LogP contribution < -0.4 is 5.32 Å². The first-order valence-electron chi connectivity index (χ1n) is 5.71. The van der Waals surface area contributed by atoms with Gasteiger partial charge in [-0.15, -0.1) is 12.4 Å². The molecule has 1 saturated heterocycles. The van der Waals surface area contributed by atoms with Gasteiger partial charge < -0.3 is 14.5 Å². The molecule has 2 heterocycles. The molecule has 2 rings (SSSR count). The molecule has 0 radical (unpaired) electrons. The quantitative estimate of drug-likeness (QED) is 0.821. The maximum Gasteiger partial charge on any atom is 0.223 e. The third-order valence-corrected chi connectivity index (χ3v) is 2.84. The molecule has 0 amide bonds. The number of piperidine rings is 1. The predicted molar refractivity (Wildman–Crippen MR) is 66.7 cm³/mol. The van der Waals surface area contributed by atoms with Crippen molar-refractivity contribution in [3.63, 3.8) is 0 Å². The number of rotatable bonds is 5. The van der Waals surface area contributed by atoms with Crippen LogP contribution in [0.1, 0.15) is 23.4 Å². The third-order valence-electron chi connectivity index (χ3n) is 2.84. The standard InChI is InChI=1S/C12H17NO3.ClH/c14-11(12-2-1-7-16-12)9-15-8-10-3-5-13-6-4-10;/h1-2,7,10,13H,3-6,8-9H2;1H. The van der Waals surface area contributed by atoms with Gasteiger partial charge in [-0.05, 0) is 44.0 Å². The number of ketones is 1. The maximum atomic E-state index is 11.5. The number of hydrogen-bond acceptors (Lipinski definition) is 4. The van der Waals surface area contributed by atoms with Crippen molar-refractivity contribution < 1.29 is 13.9 Å². The van der Waals surface area contributed by atoms with Crippen molar-refractivity contribution in [1.29, 1.82) is 0 Å². The molecule has 1 aromatic rings. The zero-order valence-corrected chi connectivity index (χ0v) is 10.5. The second-order valence-electron chi connectivity index (χ2n) is 4.11. The molecule has 1 aromatic heterocycles. The van der Waals surface area contributed by atoms with Crippen LogP contribution in [0, 0.1) is 5.92 Å². The zero-order valence-electron chi connectivity index (χ0n) is 9.69. The minimum Gasteiger partial charge on any atom is -0.461 e. The minimum absolute atomic E-state index is 0. The van der Waals surface area contributed by atoms with Crippen molar-refractivity contribution >= 4 is 18.2 Å². The summed E-state index contributed by atoms with van der Waals surface area (Å²) in [5.74, 6) is 0.884. The maximum absolute atomic E-state index is 11.5. The topological polar surface area (TPSA) is 51.5 Å². The molecule has 1 N–H and O–H groups in total. The Morgan fingerprint density at radius 1 is 1.47 bits per heavy atom. The van der Waals surface area contributed by atoms with Gasteiger partial charge in [0.1, 0.15) is 6.61 Å². The van der Waals surface area contributed by atoms with Crippen LogP contribution in [-0.4, -0.2) is 32.1 Å². The van der Waals surface area contributed by atoms with E-state index < -0.39 is 0 Å². The van der Waals surface area contributed by atoms with Gasteiger partial charge in [0.25, 0.3) is 0 Å². The Hall–Kier alpha value is -0.840. The van der Waals surface area contributed by atoms with E-state index in [4.69, 9.17) is 9.15 Å². The predicted octanol–water partition coefficient (Wildman–Crippen LogP) is 1.90. The largest absolute Gasteiger partial charge is 0.461 e. The minimum atomic E-state index is -0.0843. The molecule has 0 saturated carbocycles. The fourth-order valence-electron chi connectivity index (χ4n) is 1.88. The van der Waals surface area contributed by atoms with E-state index in [2.05, 4.69) is 5.32 Å². The normalized spacial score (nSPS) is 16.5. The van der Waals surface area contributed by atoms with Gasteiger partial charge >= 0.3 is 0 Å². The van der Waals surface area contributed by atoms with Gasteiger partial charge in [-0.2, -0.15) is 0 Å². The Balaban J connectivity index is 0.00000144. The molecule has 0 aliphatic carbocycles. The third kappa shape index (κ3) is 4.50. The number of carbonyl (C=O) groups excluding carboxylic acids is 1. The lowest BCUT2D eigenvalue weighted by Crippen LogP contribution is -2.30. The summed E-state index contributed by atoms with van der Waals surface area (Å²) in [5, 5.41) is 3.30. The molecule has 1 aliphatic rings. The first-order chi connectivity index (χ1) is 7.86. The molecule has 0 unspecified atom stereocenters. The van der Waals surface area contributed by atoms with Crippen LogP contribution in [0.3, 0.4) is 0 Å². The molecule has 4 nitrogen and oxygen atoms in total. The van der Waals surface area contributed by atoms with Gasteiger partial charge in [0.15, 0.2) is 5.76 Å². The van der Waals surface area contributed by atoms with Crippen LogP contribution in [0.15, 0.2) is 22.8 Å². The Morgan fingerprint density at radius 3 is 2.88 bits per heavy atom. The first kappa shape index (κ1) is 14.2. The summed E-state index contributed by atoms with van der Waals surface area (Å²) in [6.45, 7) is 2.91. The first-order valence-corrected chi connectivity index (χ1v) is 5.71. The van der Waals surface area contributed by atoms with Gasteiger partial charge in [-0.1, -0.05) is 0 Å². The summed E-state index contributed by atoms with van der Waals surface area (Å²) >= 11 is 0. The fraction of sp³-hybridized carbons (Fsp3) is 0.583. The van der Waals surface area contributed by atoms with E-state index in [9.17, 15) is 4.79 Å². The Morgan fingerprint density at radius 2 is 2.24 bits per heavy atom. The summed E-state index contributed by atoms with van der Waals surface area (Å²) in [4.78, 5) is 11.5. The molecule has 1 aliphatic heterocycles. The molecule has 17 heavy (non-hydrogen) atoms. The SMILES string of the molecule is Cl.O=C(COCC1CCNCC1)c1ccco1. The number of furan rings is 1. The number of Topliss-reactive ketones (excluding diaryl/α,β-unsaturated/α-hetero) is 1. The van der Waals surface area contributed by atoms with Gasteiger partial charge in [0.05, 0.1) is 12.9 Å². The smallest absolute Gasteiger partial charge is 0.223 e. The Labute approximate surface area is 107 Å². The highest BCUT2D eigenvalue weighted by Gasteiger charge is 2.14. The number of hydrogen-bond donors (Lipinski definition) is 1. The molecule has 0 atom stereocenters. The number of carbonyl (C=O) groups is 1. The lowest BCUT2D eigenvalue weighted by Gasteiger charge is -2.21. The number of halogens is 1. The second kappa shape index (κ2) is 7.48. The van der Waals surface area contributed by atoms with Crippen LogP contribution in [0.25, 0.3) is 0 Å². The lowest BCUT2D eigenvalue weighted by atomic mass is 9.99. The number of nitrogens with one attached hydrogen (secondary N) is 1. The van der Waals surface area contributed by atoms with E-state index in [1.165, 1.54) is 6.26 Å². The van der Waals surface area contributed by atoms with Crippen molar-refractivity contribution in [3.8, 4) is 0 Å². The summed E-state index contributed by atoms with van der Waals surface area (Å²) in [6, 6.07) is 3.37. The molecule has 5 heteroatoms. The summed E-state index contributed by atoms with van der Waals surface area (Å²) < 4.78 is 10.4. The van der Waals surface area contributed by atoms with Crippen LogP contribution in [0.2, 0.25) is 0 Å². The Kier molecular flexibility index (Phi) is 6.26. The van der Waals surface area contributed by atoms with Crippen LogP contribution in [0.4, 0.5) is 0 Å². The zero-order chi connectivity index (χ0) is 11.2. The number of ether oxygens (including phenoxy) is 1. The highest BCUT2D eigenvalue weighted by Crippen LogP contribution is 2.12. The molecule has 0 aromatic carbocycles. The highest BCUT2D eigenvalue weighted by molar-refractivity contribution is 5.94. The molecular weight excluding hydrogens is 242 g/mol. The lowest BCUT2D eigenvalue weighted by molar-refractivity contribution is 0.0615. The van der Waals surface area contributed by atoms with Gasteiger partial charge in [0, 0.05) is 0 Å². The van der Waals surface area contributed by atoms with E-state index >= 15 is 0 Å². The Bertz CT molecular complexity index is 321. The van der Waals surface area contributed by atoms with Crippen molar-refractivity contribution in [2.45, 2.75) is 12.8 Å². The van der Waals surface area contributed by atoms with Gasteiger partial charge in [-0.25, -0.2) is 0 Å². The fourth-order valence-corrected chi connectivity index (χ4v) is 1.88. The molecule has 96 valence electrons. The monoisotopic (exact) mass is 259 g/mol. The van der Waals surface area contributed by atoms with Crippen LogP contribution >= 0.6 is 12.4 Å². The van der Waals surface area contributed by atoms with Crippen molar-refractivity contribution in [1.82, 2.24) is 5.32 Å². The van der Waals surface area contributed by atoms with E-state index in [0.717, 1.165) is 25.9 Å². The van der Waals surface area contributed by atoms with E-state index in [1.54, 1.807) is 12.1 Å². The summed E-state index contributed by atoms with van der Waals surface area (Å²) in [5.41, 5.74) is 0. The van der Waals surface area contributed by atoms with Crippen molar-refractivity contribution in [3.05, 3.63) is 24.2 Å². The average molecular weight is 260 g/mol. The molecule has 0 spiro atoms. The summed E-state index contributed by atoms with van der Waals surface area (Å²) in [7, 11) is 0.